The van der Waals surface area contributed by atoms with Gasteiger partial charge in [0.1, 0.15) is 35.6 Å². The summed E-state index contributed by atoms with van der Waals surface area (Å²) in [6.45, 7) is 0.309. The molecule has 1 aromatic carbocycles. The van der Waals surface area contributed by atoms with Gasteiger partial charge in [-0.15, -0.1) is 5.10 Å². The van der Waals surface area contributed by atoms with Crippen molar-refractivity contribution in [2.45, 2.75) is 0 Å². The highest BCUT2D eigenvalue weighted by Gasteiger charge is 2.12. The molecule has 0 aliphatic rings. The van der Waals surface area contributed by atoms with Crippen LogP contribution in [0.15, 0.2) is 49.4 Å². The van der Waals surface area contributed by atoms with E-state index < -0.39 is 0 Å². The normalized spacial score (nSPS) is 10.7. The summed E-state index contributed by atoms with van der Waals surface area (Å²) in [5, 5.41) is 7.97. The molecule has 130 valence electrons. The largest absolute Gasteiger partial charge is 0.494 e. The molecule has 0 spiro atoms. The van der Waals surface area contributed by atoms with Crippen LogP contribution in [-0.2, 0) is 4.79 Å². The quantitative estimate of drug-likeness (QED) is 0.519. The van der Waals surface area contributed by atoms with Crippen molar-refractivity contribution in [1.82, 2.24) is 29.5 Å². The van der Waals surface area contributed by atoms with E-state index in [0.717, 1.165) is 10.2 Å². The Morgan fingerprint density at radius 2 is 2.15 bits per heavy atom. The van der Waals surface area contributed by atoms with Crippen molar-refractivity contribution in [3.63, 3.8) is 0 Å². The van der Waals surface area contributed by atoms with Gasteiger partial charge in [-0.1, -0.05) is 4.85 Å². The predicted molar refractivity (Wildman–Crippen MR) is 91.4 cm³/mol. The van der Waals surface area contributed by atoms with Gasteiger partial charge in [0.05, 0.1) is 19.0 Å². The van der Waals surface area contributed by atoms with Crippen molar-refractivity contribution in [3.8, 4) is 11.6 Å². The Morgan fingerprint density at radius 1 is 1.23 bits per heavy atom. The van der Waals surface area contributed by atoms with E-state index in [1.54, 1.807) is 48.7 Å². The highest BCUT2D eigenvalue weighted by Crippen LogP contribution is 2.32. The first kappa shape index (κ1) is 15.6. The number of nitrogens with one attached hydrogen (secondary N) is 1. The van der Waals surface area contributed by atoms with Gasteiger partial charge < -0.3 is 14.9 Å². The molecular formula is C16H13N7O3. The van der Waals surface area contributed by atoms with Crippen LogP contribution in [0, 0.1) is 0 Å². The molecule has 4 rings (SSSR count). The van der Waals surface area contributed by atoms with Gasteiger partial charge >= 0.3 is 6.47 Å². The van der Waals surface area contributed by atoms with Gasteiger partial charge in [0.2, 0.25) is 0 Å². The number of ether oxygens (including phenoxy) is 1. The van der Waals surface area contributed by atoms with Gasteiger partial charge in [-0.25, -0.2) is 15.0 Å². The highest BCUT2D eigenvalue weighted by atomic mass is 16.7. The van der Waals surface area contributed by atoms with Crippen molar-refractivity contribution in [3.05, 3.63) is 49.4 Å². The minimum Gasteiger partial charge on any atom is -0.494 e. The number of carbonyl (C=O) groups is 1. The van der Waals surface area contributed by atoms with Crippen LogP contribution < -0.4 is 14.9 Å². The average molecular weight is 351 g/mol. The lowest BCUT2D eigenvalue weighted by Crippen LogP contribution is -2.10. The number of nitrogens with zero attached hydrogens (tertiary/aromatic N) is 6. The Morgan fingerprint density at radius 3 is 2.92 bits per heavy atom. The molecule has 0 fully saturated rings. The van der Waals surface area contributed by atoms with Crippen molar-refractivity contribution < 1.29 is 14.4 Å². The predicted octanol–water partition coefficient (Wildman–Crippen LogP) is 1.35. The fraction of sp³-hybridized carbons (Fsp3) is 0.0625. The van der Waals surface area contributed by atoms with E-state index in [0.29, 0.717) is 35.1 Å². The Bertz CT molecular complexity index is 1060. The molecule has 3 aromatic heterocycles. The number of imidazole rings is 1. The fourth-order valence-electron chi connectivity index (χ4n) is 2.51. The van der Waals surface area contributed by atoms with Crippen molar-refractivity contribution in [2.24, 2.45) is 0 Å². The molecule has 0 saturated carbocycles. The lowest BCUT2D eigenvalue weighted by Gasteiger charge is -2.12. The van der Waals surface area contributed by atoms with E-state index in [-0.39, 0.29) is 0 Å². The minimum atomic E-state index is 0.309. The summed E-state index contributed by atoms with van der Waals surface area (Å²) in [5.41, 5.74) is 1.28. The van der Waals surface area contributed by atoms with Crippen LogP contribution in [0.5, 0.6) is 5.75 Å². The highest BCUT2D eigenvalue weighted by molar-refractivity contribution is 5.87. The smallest absolute Gasteiger partial charge is 0.323 e. The molecule has 0 aliphatic carbocycles. The number of hydrogen-bond donors (Lipinski definition) is 1. The molecule has 0 radical (unpaired) electrons. The third-order valence-corrected chi connectivity index (χ3v) is 3.68. The first-order valence-electron chi connectivity index (χ1n) is 7.52. The first-order valence-corrected chi connectivity index (χ1v) is 7.52. The molecule has 0 unspecified atom stereocenters. The first-order chi connectivity index (χ1) is 12.8. The Labute approximate surface area is 147 Å². The molecule has 10 nitrogen and oxygen atoms in total. The van der Waals surface area contributed by atoms with E-state index in [4.69, 9.17) is 9.57 Å². The molecule has 10 heteroatoms. The van der Waals surface area contributed by atoms with Gasteiger partial charge in [0, 0.05) is 29.9 Å². The second-order valence-electron chi connectivity index (χ2n) is 5.19. The second-order valence-corrected chi connectivity index (χ2v) is 5.19. The third kappa shape index (κ3) is 2.79. The van der Waals surface area contributed by atoms with Crippen molar-refractivity contribution in [1.29, 1.82) is 0 Å². The molecule has 0 atom stereocenters. The minimum absolute atomic E-state index is 0.309. The summed E-state index contributed by atoms with van der Waals surface area (Å²) in [6, 6.07) is 5.32. The van der Waals surface area contributed by atoms with Crippen LogP contribution >= 0.6 is 0 Å². The van der Waals surface area contributed by atoms with Crippen LogP contribution in [0.2, 0.25) is 0 Å². The van der Waals surface area contributed by atoms with Gasteiger partial charge in [-0.2, -0.15) is 0 Å². The Hall–Kier alpha value is -3.95. The zero-order chi connectivity index (χ0) is 17.9. The number of methoxy groups -OCH3 is 1. The molecule has 0 saturated heterocycles. The number of hydrogen-bond acceptors (Lipinski definition) is 8. The summed E-state index contributed by atoms with van der Waals surface area (Å²) in [7, 11) is 1.55. The molecule has 26 heavy (non-hydrogen) atoms. The summed E-state index contributed by atoms with van der Waals surface area (Å²) in [4.78, 5) is 28.9. The van der Waals surface area contributed by atoms with Crippen LogP contribution in [0.1, 0.15) is 0 Å². The Balaban J connectivity index is 1.70. The maximum atomic E-state index is 10.6. The number of benzene rings is 1. The van der Waals surface area contributed by atoms with E-state index in [1.807, 2.05) is 6.07 Å². The van der Waals surface area contributed by atoms with Crippen LogP contribution in [-0.4, -0.2) is 43.0 Å². The second kappa shape index (κ2) is 6.51. The van der Waals surface area contributed by atoms with Crippen molar-refractivity contribution in [2.75, 3.05) is 12.4 Å². The molecule has 0 aliphatic heterocycles. The summed E-state index contributed by atoms with van der Waals surface area (Å²) in [6.07, 6.45) is 8.16. The number of rotatable bonds is 6. The van der Waals surface area contributed by atoms with E-state index in [9.17, 15) is 4.79 Å². The maximum Gasteiger partial charge on any atom is 0.323 e. The van der Waals surface area contributed by atoms with Crippen molar-refractivity contribution >= 4 is 28.9 Å². The molecular weight excluding hydrogens is 338 g/mol. The van der Waals surface area contributed by atoms with Crippen LogP contribution in [0.25, 0.3) is 16.7 Å². The topological polar surface area (TPSA) is 109 Å². The Kier molecular flexibility index (Phi) is 3.90. The number of aromatic nitrogens is 6. The molecule has 4 aromatic rings. The van der Waals surface area contributed by atoms with Gasteiger partial charge in [-0.05, 0) is 6.07 Å². The van der Waals surface area contributed by atoms with E-state index in [2.05, 4.69) is 25.4 Å². The number of fused-ring (bicyclic) bond motifs is 1. The zero-order valence-corrected chi connectivity index (χ0v) is 13.6. The molecule has 3 heterocycles. The fourth-order valence-corrected chi connectivity index (χ4v) is 2.51. The maximum absolute atomic E-state index is 10.6. The van der Waals surface area contributed by atoms with E-state index >= 15 is 0 Å². The lowest BCUT2D eigenvalue weighted by molar-refractivity contribution is -0.130. The summed E-state index contributed by atoms with van der Waals surface area (Å²) in [5.74, 6) is 1.79. The summed E-state index contributed by atoms with van der Waals surface area (Å²) < 4.78 is 7.20. The lowest BCUT2D eigenvalue weighted by atomic mass is 10.2. The van der Waals surface area contributed by atoms with Gasteiger partial charge in [0.15, 0.2) is 0 Å². The third-order valence-electron chi connectivity index (χ3n) is 3.68. The SMILES string of the molecule is COc1cc2c(cnn2OC=O)cc1Nc1cc(-n2ccnc2)ncn1. The zero-order valence-electron chi connectivity index (χ0n) is 13.6. The number of carbonyl (C=O) groups excluding carboxylic acids is 1. The monoisotopic (exact) mass is 351 g/mol. The van der Waals surface area contributed by atoms with E-state index in [1.165, 1.54) is 6.33 Å². The van der Waals surface area contributed by atoms with Gasteiger partial charge in [-0.3, -0.25) is 9.36 Å². The molecule has 0 amide bonds. The standard InChI is InChI=1S/C16H13N7O3/c1-25-14-5-13-11(7-20-23(13)26-10-24)4-12(14)21-15-6-16(19-8-18-15)22-3-2-17-9-22/h2-10H,1H3,(H,18,19,21). The van der Waals surface area contributed by atoms with Crippen LogP contribution in [0.3, 0.4) is 0 Å². The summed E-state index contributed by atoms with van der Waals surface area (Å²) >= 11 is 0. The average Bonchev–Trinajstić information content (AvgIpc) is 3.32. The number of anilines is 2. The molecule has 0 bridgehead atoms. The molecule has 1 N–H and O–H groups in total. The van der Waals surface area contributed by atoms with Crippen LogP contribution in [0.4, 0.5) is 11.5 Å². The van der Waals surface area contributed by atoms with Gasteiger partial charge in [0.25, 0.3) is 0 Å².